The first-order valence-corrected chi connectivity index (χ1v) is 14.8. The fourth-order valence-corrected chi connectivity index (χ4v) is 5.02. The Bertz CT molecular complexity index is 1590. The van der Waals surface area contributed by atoms with Gasteiger partial charge in [-0.3, -0.25) is 9.59 Å². The fourth-order valence-electron chi connectivity index (χ4n) is 5.02. The number of ketones is 1. The summed E-state index contributed by atoms with van der Waals surface area (Å²) in [5, 5.41) is 3.22. The van der Waals surface area contributed by atoms with Crippen LogP contribution in [0.1, 0.15) is 40.7 Å². The first-order chi connectivity index (χ1) is 21.4. The molecular formula is C36H35FN2O5. The minimum absolute atomic E-state index is 0.0239. The van der Waals surface area contributed by atoms with Gasteiger partial charge in [0.1, 0.15) is 17.6 Å². The summed E-state index contributed by atoms with van der Waals surface area (Å²) < 4.78 is 25.4. The van der Waals surface area contributed by atoms with Crippen LogP contribution in [0.3, 0.4) is 0 Å². The molecule has 0 spiro atoms. The third-order valence-electron chi connectivity index (χ3n) is 7.52. The summed E-state index contributed by atoms with van der Waals surface area (Å²) >= 11 is 0. The number of halogens is 1. The summed E-state index contributed by atoms with van der Waals surface area (Å²) in [6.07, 6.45) is 2.54. The molecule has 1 aliphatic carbocycles. The molecule has 1 unspecified atom stereocenters. The third kappa shape index (κ3) is 7.69. The number of nitrogens with zero attached hydrogens (tertiary/aromatic N) is 1. The largest absolute Gasteiger partial charge is 0.494 e. The van der Waals surface area contributed by atoms with Crippen LogP contribution in [-0.4, -0.2) is 44.0 Å². The Labute approximate surface area is 256 Å². The zero-order valence-electron chi connectivity index (χ0n) is 24.6. The molecule has 0 saturated heterocycles. The second kappa shape index (κ2) is 14.5. The van der Waals surface area contributed by atoms with Gasteiger partial charge in [-0.15, -0.1) is 0 Å². The van der Waals surface area contributed by atoms with Crippen molar-refractivity contribution in [3.05, 3.63) is 126 Å². The summed E-state index contributed by atoms with van der Waals surface area (Å²) in [5.74, 6) is -0.435. The molecule has 1 fully saturated rings. The van der Waals surface area contributed by atoms with E-state index in [-0.39, 0.29) is 17.6 Å². The molecule has 7 nitrogen and oxygen atoms in total. The molecule has 0 aliphatic heterocycles. The van der Waals surface area contributed by atoms with Crippen molar-refractivity contribution in [2.24, 2.45) is 5.92 Å². The molecule has 1 saturated carbocycles. The number of para-hydroxylation sites is 2. The molecule has 1 atom stereocenters. The number of rotatable bonds is 14. The zero-order valence-corrected chi connectivity index (χ0v) is 24.6. The lowest BCUT2D eigenvalue weighted by atomic mass is 10.00. The van der Waals surface area contributed by atoms with E-state index in [1.54, 1.807) is 48.5 Å². The van der Waals surface area contributed by atoms with Crippen LogP contribution in [0.4, 0.5) is 15.8 Å². The minimum atomic E-state index is -0.732. The van der Waals surface area contributed by atoms with Gasteiger partial charge >= 0.3 is 5.97 Å². The first-order valence-electron chi connectivity index (χ1n) is 14.8. The van der Waals surface area contributed by atoms with Gasteiger partial charge in [-0.2, -0.15) is 0 Å². The molecule has 4 aromatic carbocycles. The Hall–Kier alpha value is -4.98. The van der Waals surface area contributed by atoms with Crippen LogP contribution in [0, 0.1) is 11.7 Å². The van der Waals surface area contributed by atoms with E-state index in [0.29, 0.717) is 54.2 Å². The van der Waals surface area contributed by atoms with E-state index in [2.05, 4.69) is 5.32 Å². The van der Waals surface area contributed by atoms with Crippen LogP contribution in [0.15, 0.2) is 103 Å². The Morgan fingerprint density at radius 1 is 0.886 bits per heavy atom. The number of methoxy groups -OCH3 is 1. The fraction of sp³-hybridized carbons (Fsp3) is 0.250. The van der Waals surface area contributed by atoms with Crippen molar-refractivity contribution in [1.29, 1.82) is 0 Å². The number of hydrogen-bond donors (Lipinski definition) is 1. The van der Waals surface area contributed by atoms with E-state index in [0.717, 1.165) is 18.4 Å². The highest BCUT2D eigenvalue weighted by atomic mass is 19.1. The molecule has 8 heteroatoms. The van der Waals surface area contributed by atoms with E-state index in [4.69, 9.17) is 9.47 Å². The number of nitrogens with one attached hydrogen (secondary N) is 1. The predicted molar refractivity (Wildman–Crippen MR) is 167 cm³/mol. The predicted octanol–water partition coefficient (Wildman–Crippen LogP) is 6.47. The smallest absolute Gasteiger partial charge is 0.328 e. The van der Waals surface area contributed by atoms with E-state index < -0.39 is 17.8 Å². The number of carbonyl (C=O) groups excluding carboxylic acids is 3. The Morgan fingerprint density at radius 3 is 2.27 bits per heavy atom. The summed E-state index contributed by atoms with van der Waals surface area (Å²) in [4.78, 5) is 40.3. The molecule has 1 aliphatic rings. The van der Waals surface area contributed by atoms with E-state index in [1.807, 2.05) is 48.5 Å². The molecule has 0 radical (unpaired) electrons. The molecule has 0 bridgehead atoms. The molecule has 0 aromatic heterocycles. The van der Waals surface area contributed by atoms with Gasteiger partial charge in [0.25, 0.3) is 0 Å². The van der Waals surface area contributed by atoms with Crippen molar-refractivity contribution < 1.29 is 28.2 Å². The summed E-state index contributed by atoms with van der Waals surface area (Å²) in [6, 6.07) is 29.1. The van der Waals surface area contributed by atoms with Gasteiger partial charge in [0.2, 0.25) is 5.91 Å². The van der Waals surface area contributed by atoms with Gasteiger partial charge in [-0.25, -0.2) is 9.18 Å². The second-order valence-corrected chi connectivity index (χ2v) is 10.7. The minimum Gasteiger partial charge on any atom is -0.494 e. The van der Waals surface area contributed by atoms with Gasteiger partial charge < -0.3 is 19.7 Å². The van der Waals surface area contributed by atoms with Crippen molar-refractivity contribution in [2.75, 3.05) is 30.5 Å². The van der Waals surface area contributed by atoms with E-state index in [1.165, 1.54) is 18.1 Å². The molecular weight excluding hydrogens is 559 g/mol. The van der Waals surface area contributed by atoms with Crippen molar-refractivity contribution >= 4 is 29.0 Å². The first kappa shape index (κ1) is 30.5. The summed E-state index contributed by atoms with van der Waals surface area (Å²) in [6.45, 7) is 0.704. The maximum absolute atomic E-state index is 14.4. The van der Waals surface area contributed by atoms with Crippen LogP contribution >= 0.6 is 0 Å². The molecule has 1 N–H and O–H groups in total. The van der Waals surface area contributed by atoms with E-state index in [9.17, 15) is 18.8 Å². The van der Waals surface area contributed by atoms with Crippen LogP contribution < -0.4 is 15.0 Å². The maximum atomic E-state index is 14.4. The molecule has 4 aromatic rings. The van der Waals surface area contributed by atoms with Crippen LogP contribution in [0.25, 0.3) is 0 Å². The van der Waals surface area contributed by atoms with Gasteiger partial charge in [0, 0.05) is 35.7 Å². The molecule has 226 valence electrons. The highest BCUT2D eigenvalue weighted by Crippen LogP contribution is 2.33. The van der Waals surface area contributed by atoms with Gasteiger partial charge in [0.15, 0.2) is 5.78 Å². The van der Waals surface area contributed by atoms with E-state index >= 15 is 0 Å². The van der Waals surface area contributed by atoms with Crippen LogP contribution in [0.2, 0.25) is 0 Å². The molecule has 44 heavy (non-hydrogen) atoms. The summed E-state index contributed by atoms with van der Waals surface area (Å²) in [7, 11) is 1.33. The molecule has 5 rings (SSSR count). The Morgan fingerprint density at radius 2 is 1.57 bits per heavy atom. The maximum Gasteiger partial charge on any atom is 0.328 e. The van der Waals surface area contributed by atoms with Crippen LogP contribution in [-0.2, 0) is 20.7 Å². The third-order valence-corrected chi connectivity index (χ3v) is 7.52. The SMILES string of the molecule is COC(=O)C(Cc1ccc(OCCCN(C(=O)C2CC2)c2ccccc2F)cc1)Nc1ccccc1C(=O)c1ccccc1. The van der Waals surface area contributed by atoms with Crippen LogP contribution in [0.5, 0.6) is 5.75 Å². The highest BCUT2D eigenvalue weighted by molar-refractivity contribution is 6.12. The van der Waals surface area contributed by atoms with Gasteiger partial charge in [-0.05, 0) is 61.2 Å². The number of ether oxygens (including phenoxy) is 2. The standard InChI is InChI=1S/C36H35FN2O5/c1-43-36(42)32(38-31-14-7-5-12-29(31)34(40)26-10-3-2-4-11-26)24-25-16-20-28(21-17-25)44-23-9-22-39(35(41)27-18-19-27)33-15-8-6-13-30(33)37/h2-8,10-17,20-21,27,32,38H,9,18-19,22-24H2,1H3. The lowest BCUT2D eigenvalue weighted by Crippen LogP contribution is -2.34. The second-order valence-electron chi connectivity index (χ2n) is 10.7. The van der Waals surface area contributed by atoms with Crippen molar-refractivity contribution in [1.82, 2.24) is 0 Å². The Kier molecular flexibility index (Phi) is 10.0. The average molecular weight is 595 g/mol. The lowest BCUT2D eigenvalue weighted by molar-refractivity contribution is -0.141. The number of anilines is 2. The van der Waals surface area contributed by atoms with Gasteiger partial charge in [-0.1, -0.05) is 66.7 Å². The lowest BCUT2D eigenvalue weighted by Gasteiger charge is -2.23. The molecule has 0 heterocycles. The number of hydrogen-bond acceptors (Lipinski definition) is 6. The quantitative estimate of drug-likeness (QED) is 0.102. The van der Waals surface area contributed by atoms with Crippen molar-refractivity contribution in [3.8, 4) is 5.75 Å². The average Bonchev–Trinajstić information content (AvgIpc) is 3.91. The summed E-state index contributed by atoms with van der Waals surface area (Å²) in [5.41, 5.74) is 2.73. The monoisotopic (exact) mass is 594 g/mol. The number of benzene rings is 4. The number of amides is 1. The normalized spacial score (nSPS) is 13.0. The molecule has 1 amide bonds. The van der Waals surface area contributed by atoms with Crippen molar-refractivity contribution in [3.63, 3.8) is 0 Å². The number of esters is 1. The highest BCUT2D eigenvalue weighted by Gasteiger charge is 2.34. The topological polar surface area (TPSA) is 84.9 Å². The Balaban J connectivity index is 1.19. The van der Waals surface area contributed by atoms with Gasteiger partial charge in [0.05, 0.1) is 19.4 Å². The number of carbonyl (C=O) groups is 3. The zero-order chi connectivity index (χ0) is 30.9. The van der Waals surface area contributed by atoms with Crippen molar-refractivity contribution in [2.45, 2.75) is 31.7 Å².